The number of pyridine rings is 5. The van der Waals surface area contributed by atoms with Crippen molar-refractivity contribution in [1.82, 2.24) is 40.0 Å². The second-order valence-corrected chi connectivity index (χ2v) is 25.3. The molecule has 0 bridgehead atoms. The number of hydrogen-bond acceptors (Lipinski definition) is 21. The number of rotatable bonds is 29. The summed E-state index contributed by atoms with van der Waals surface area (Å²) in [6.45, 7) is 30.3. The maximum Gasteiger partial charge on any atom is 0.407 e. The Labute approximate surface area is 506 Å². The van der Waals surface area contributed by atoms with Crippen molar-refractivity contribution < 1.29 is 66.6 Å². The van der Waals surface area contributed by atoms with Gasteiger partial charge in [-0.1, -0.05) is 24.3 Å². The van der Waals surface area contributed by atoms with E-state index in [9.17, 15) is 24.0 Å². The molecule has 5 rings (SSSR count). The first-order chi connectivity index (χ1) is 40.2. The summed E-state index contributed by atoms with van der Waals surface area (Å²) >= 11 is 0. The van der Waals surface area contributed by atoms with Gasteiger partial charge in [0.2, 0.25) is 0 Å². The molecular weight excluding hydrogens is 1100 g/mol. The van der Waals surface area contributed by atoms with E-state index in [-0.39, 0.29) is 75.3 Å². The number of nitrogens with one attached hydrogen (secondary N) is 1. The first kappa shape index (κ1) is 69.3. The third-order valence-corrected chi connectivity index (χ3v) is 11.0. The minimum atomic E-state index is -0.748. The molecule has 468 valence electrons. The number of esters is 4. The van der Waals surface area contributed by atoms with Crippen LogP contribution in [0.4, 0.5) is 4.79 Å². The maximum absolute atomic E-state index is 13.3. The van der Waals surface area contributed by atoms with Gasteiger partial charge < -0.3 is 47.9 Å². The van der Waals surface area contributed by atoms with E-state index in [1.807, 2.05) is 46.2 Å². The third kappa shape index (κ3) is 27.7. The fourth-order valence-corrected chi connectivity index (χ4v) is 7.92. The Kier molecular flexibility index (Phi) is 25.6. The van der Waals surface area contributed by atoms with E-state index >= 15 is 0 Å². The Hall–Kier alpha value is -7.50. The molecular formula is C64H88N8O14. The summed E-state index contributed by atoms with van der Waals surface area (Å²) in [7, 11) is 0. The van der Waals surface area contributed by atoms with E-state index in [4.69, 9.17) is 67.6 Å². The Morgan fingerprint density at radius 1 is 0.360 bits per heavy atom. The fourth-order valence-electron chi connectivity index (χ4n) is 7.92. The molecule has 0 spiro atoms. The van der Waals surface area contributed by atoms with E-state index in [2.05, 4.69) is 5.32 Å². The molecule has 5 aromatic heterocycles. The van der Waals surface area contributed by atoms with Crippen molar-refractivity contribution in [2.75, 3.05) is 52.8 Å². The topological polar surface area (TPSA) is 251 Å². The zero-order valence-electron chi connectivity index (χ0n) is 52.8. The summed E-state index contributed by atoms with van der Waals surface area (Å²) in [6.07, 6.45) is -0.507. The number of amides is 1. The first-order valence-electron chi connectivity index (χ1n) is 28.8. The van der Waals surface area contributed by atoms with E-state index in [0.29, 0.717) is 79.5 Å². The predicted molar refractivity (Wildman–Crippen MR) is 320 cm³/mol. The van der Waals surface area contributed by atoms with Gasteiger partial charge in [-0.05, 0) is 152 Å². The van der Waals surface area contributed by atoms with Crippen LogP contribution in [0.2, 0.25) is 0 Å². The number of carbonyl (C=O) groups is 5. The SMILES string of the molecule is CC(C)(C)OC(=O)NCCOCCOCCOCCOc1cc(CN(Cc2cccc(C(=O)OC(C)(C)C)n2)Cc2cccc(C(=O)OC(C)(C)C)n2)nc(CN(Cc2cccc(C(=O)OC(C)(C)C)n2)Cc2cccc(C(=O)OC(C)(C)C)n2)c1. The van der Waals surface area contributed by atoms with Crippen LogP contribution in [0.1, 0.15) is 180 Å². The van der Waals surface area contributed by atoms with Gasteiger partial charge in [0.25, 0.3) is 0 Å². The highest BCUT2D eigenvalue weighted by Crippen LogP contribution is 2.23. The lowest BCUT2D eigenvalue weighted by Crippen LogP contribution is -2.34. The van der Waals surface area contributed by atoms with Crippen LogP contribution in [0.5, 0.6) is 5.75 Å². The quantitative estimate of drug-likeness (QED) is 0.0265. The Morgan fingerprint density at radius 2 is 0.640 bits per heavy atom. The highest BCUT2D eigenvalue weighted by molar-refractivity contribution is 5.89. The molecule has 22 heteroatoms. The van der Waals surface area contributed by atoms with Gasteiger partial charge in [0, 0.05) is 57.9 Å². The Bertz CT molecular complexity index is 2710. The lowest BCUT2D eigenvalue weighted by atomic mass is 10.2. The van der Waals surface area contributed by atoms with Gasteiger partial charge in [-0.2, -0.15) is 0 Å². The van der Waals surface area contributed by atoms with E-state index < -0.39 is 58.0 Å². The van der Waals surface area contributed by atoms with Crippen LogP contribution < -0.4 is 10.1 Å². The van der Waals surface area contributed by atoms with Crippen molar-refractivity contribution in [2.24, 2.45) is 0 Å². The smallest absolute Gasteiger partial charge is 0.407 e. The van der Waals surface area contributed by atoms with Crippen LogP contribution in [-0.4, -0.2) is 145 Å². The number of aromatic nitrogens is 5. The highest BCUT2D eigenvalue weighted by atomic mass is 16.6. The number of nitrogens with zero attached hydrogens (tertiary/aromatic N) is 7. The molecule has 0 saturated carbocycles. The van der Waals surface area contributed by atoms with Crippen LogP contribution >= 0.6 is 0 Å². The van der Waals surface area contributed by atoms with Crippen molar-refractivity contribution >= 4 is 30.0 Å². The molecule has 86 heavy (non-hydrogen) atoms. The predicted octanol–water partition coefficient (Wildman–Crippen LogP) is 9.84. The van der Waals surface area contributed by atoms with Gasteiger partial charge in [-0.15, -0.1) is 0 Å². The molecule has 22 nitrogen and oxygen atoms in total. The summed E-state index contributed by atoms with van der Waals surface area (Å²) in [5.74, 6) is -1.79. The number of carbonyl (C=O) groups excluding carboxylic acids is 5. The van der Waals surface area contributed by atoms with Gasteiger partial charge in [0.15, 0.2) is 0 Å². The van der Waals surface area contributed by atoms with E-state index in [1.165, 1.54) is 0 Å². The van der Waals surface area contributed by atoms with Crippen LogP contribution in [0.15, 0.2) is 84.9 Å². The molecule has 0 aromatic carbocycles. The molecule has 1 N–H and O–H groups in total. The Morgan fingerprint density at radius 3 is 0.942 bits per heavy atom. The summed E-state index contributed by atoms with van der Waals surface area (Å²) < 4.78 is 51.5. The van der Waals surface area contributed by atoms with Crippen LogP contribution in [0.3, 0.4) is 0 Å². The summed E-state index contributed by atoms with van der Waals surface area (Å²) in [6, 6.07) is 24.3. The van der Waals surface area contributed by atoms with Gasteiger partial charge in [-0.3, -0.25) is 14.8 Å². The molecule has 5 heterocycles. The lowest BCUT2D eigenvalue weighted by Gasteiger charge is -2.25. The zero-order chi connectivity index (χ0) is 63.3. The summed E-state index contributed by atoms with van der Waals surface area (Å²) in [5.41, 5.74) is 0.352. The average molecular weight is 1190 g/mol. The summed E-state index contributed by atoms with van der Waals surface area (Å²) in [5, 5.41) is 2.65. The van der Waals surface area contributed by atoms with Crippen molar-refractivity contribution in [2.45, 2.75) is 171 Å². The van der Waals surface area contributed by atoms with Crippen molar-refractivity contribution in [3.8, 4) is 5.75 Å². The lowest BCUT2D eigenvalue weighted by molar-refractivity contribution is 0.00497. The number of ether oxygens (including phenoxy) is 9. The molecule has 0 saturated heterocycles. The molecule has 0 aliphatic heterocycles. The van der Waals surface area contributed by atoms with Gasteiger partial charge in [0.05, 0.1) is 73.8 Å². The monoisotopic (exact) mass is 1190 g/mol. The molecule has 5 aromatic rings. The fraction of sp³-hybridized carbons (Fsp3) is 0.531. The van der Waals surface area contributed by atoms with Crippen LogP contribution in [-0.2, 0) is 77.2 Å². The number of hydrogen-bond donors (Lipinski definition) is 1. The molecule has 0 radical (unpaired) electrons. The molecule has 0 atom stereocenters. The minimum absolute atomic E-state index is 0.139. The van der Waals surface area contributed by atoms with Gasteiger partial charge >= 0.3 is 30.0 Å². The zero-order valence-corrected chi connectivity index (χ0v) is 52.8. The Balaban J connectivity index is 1.46. The van der Waals surface area contributed by atoms with Crippen LogP contribution in [0, 0.1) is 0 Å². The largest absolute Gasteiger partial charge is 0.491 e. The molecule has 0 fully saturated rings. The average Bonchev–Trinajstić information content (AvgIpc) is 2.43. The first-order valence-corrected chi connectivity index (χ1v) is 28.8. The molecule has 0 aliphatic carbocycles. The molecule has 0 aliphatic rings. The third-order valence-electron chi connectivity index (χ3n) is 11.0. The maximum atomic E-state index is 13.3. The number of alkyl carbamates (subject to hydrolysis) is 1. The minimum Gasteiger partial charge on any atom is -0.491 e. The van der Waals surface area contributed by atoms with Crippen molar-refractivity contribution in [3.63, 3.8) is 0 Å². The van der Waals surface area contributed by atoms with E-state index in [1.54, 1.807) is 152 Å². The second-order valence-electron chi connectivity index (χ2n) is 25.3. The summed E-state index contributed by atoms with van der Waals surface area (Å²) in [4.78, 5) is 93.2. The molecule has 0 unspecified atom stereocenters. The standard InChI is InChI=1S/C64H88N8O14/c1-60(2,3)82-55(73)51-24-16-20-44(67-51)38-71(39-45-21-17-25-52(68-45)56(74)83-61(4,5)6)42-48-36-50(81-35-34-80-33-32-79-31-30-78-29-28-65-59(77)86-64(13,14)15)37-49(66-48)43-72(40-46-22-18-26-53(69-46)57(75)84-62(7,8)9)41-47-23-19-27-54(70-47)58(76)85-63(10,11)12/h16-27,36-37H,28-35,38-43H2,1-15H3,(H,65,77). The second kappa shape index (κ2) is 31.8. The highest BCUT2D eigenvalue weighted by Gasteiger charge is 2.25. The molecule has 1 amide bonds. The van der Waals surface area contributed by atoms with Gasteiger partial charge in [0.1, 0.15) is 63.1 Å². The van der Waals surface area contributed by atoms with Crippen molar-refractivity contribution in [3.05, 3.63) is 142 Å². The van der Waals surface area contributed by atoms with E-state index in [0.717, 1.165) is 0 Å². The van der Waals surface area contributed by atoms with Gasteiger partial charge in [-0.25, -0.2) is 43.9 Å². The van der Waals surface area contributed by atoms with Crippen LogP contribution in [0.25, 0.3) is 0 Å². The normalized spacial score (nSPS) is 12.2. The van der Waals surface area contributed by atoms with Crippen molar-refractivity contribution in [1.29, 1.82) is 0 Å².